The van der Waals surface area contributed by atoms with Gasteiger partial charge >= 0.3 is 0 Å². The van der Waals surface area contributed by atoms with Gasteiger partial charge in [0.2, 0.25) is 10.0 Å². The van der Waals surface area contributed by atoms with E-state index < -0.39 is 10.0 Å². The zero-order valence-electron chi connectivity index (χ0n) is 14.1. The number of fused-ring (bicyclic) bond motifs is 1. The third kappa shape index (κ3) is 3.43. The molecule has 3 nitrogen and oxygen atoms in total. The molecule has 0 unspecified atom stereocenters. The summed E-state index contributed by atoms with van der Waals surface area (Å²) in [6.45, 7) is 7.46. The van der Waals surface area contributed by atoms with Gasteiger partial charge in [-0.15, -0.1) is 0 Å². The highest BCUT2D eigenvalue weighted by molar-refractivity contribution is 7.89. The standard InChI is InChI=1S/C19H25NO2S/c1-14-6-8-19(9-7-14)23(21,22)20-12-17-10-15(2)4-5-16(3)11-18(17)13-20/h6-11,17-18H,4-5,12-13H2,1-3H3/b15-10-,16-11-/t17-,18+. The fourth-order valence-corrected chi connectivity index (χ4v) is 5.03. The van der Waals surface area contributed by atoms with Crippen molar-refractivity contribution in [2.45, 2.75) is 38.5 Å². The van der Waals surface area contributed by atoms with Crippen molar-refractivity contribution >= 4 is 10.0 Å². The summed E-state index contributed by atoms with van der Waals surface area (Å²) in [5.74, 6) is 0.593. The first-order valence-corrected chi connectivity index (χ1v) is 9.71. The van der Waals surface area contributed by atoms with Crippen molar-refractivity contribution in [1.82, 2.24) is 4.31 Å². The van der Waals surface area contributed by atoms with Crippen molar-refractivity contribution in [3.05, 3.63) is 53.1 Å². The largest absolute Gasteiger partial charge is 0.243 e. The lowest BCUT2D eigenvalue weighted by Crippen LogP contribution is -2.29. The highest BCUT2D eigenvalue weighted by Gasteiger charge is 2.37. The van der Waals surface area contributed by atoms with Gasteiger partial charge in [0.1, 0.15) is 0 Å². The molecule has 0 N–H and O–H groups in total. The average Bonchev–Trinajstić information content (AvgIpc) is 2.87. The van der Waals surface area contributed by atoms with Crippen molar-refractivity contribution < 1.29 is 8.42 Å². The van der Waals surface area contributed by atoms with Crippen molar-refractivity contribution in [3.8, 4) is 0 Å². The normalized spacial score (nSPS) is 30.6. The van der Waals surface area contributed by atoms with Gasteiger partial charge in [-0.05, 0) is 57.6 Å². The molecule has 0 amide bonds. The summed E-state index contributed by atoms with van der Waals surface area (Å²) >= 11 is 0. The first-order valence-electron chi connectivity index (χ1n) is 8.27. The van der Waals surface area contributed by atoms with E-state index in [1.54, 1.807) is 16.4 Å². The Kier molecular flexibility index (Phi) is 4.47. The van der Waals surface area contributed by atoms with Gasteiger partial charge in [0.15, 0.2) is 0 Å². The maximum absolute atomic E-state index is 12.9. The zero-order chi connectivity index (χ0) is 16.6. The first-order chi connectivity index (χ1) is 10.9. The number of benzene rings is 1. The van der Waals surface area contributed by atoms with E-state index in [4.69, 9.17) is 0 Å². The lowest BCUT2D eigenvalue weighted by Gasteiger charge is -2.17. The van der Waals surface area contributed by atoms with Crippen molar-refractivity contribution in [1.29, 1.82) is 0 Å². The minimum Gasteiger partial charge on any atom is -0.207 e. The van der Waals surface area contributed by atoms with Crippen LogP contribution in [0, 0.1) is 18.8 Å². The van der Waals surface area contributed by atoms with Gasteiger partial charge in [0, 0.05) is 13.1 Å². The zero-order valence-corrected chi connectivity index (χ0v) is 14.9. The molecule has 0 saturated carbocycles. The summed E-state index contributed by atoms with van der Waals surface area (Å²) in [4.78, 5) is 0.402. The van der Waals surface area contributed by atoms with Crippen LogP contribution in [0.25, 0.3) is 0 Å². The molecule has 0 bridgehead atoms. The number of hydrogen-bond acceptors (Lipinski definition) is 2. The van der Waals surface area contributed by atoms with Crippen molar-refractivity contribution in [2.24, 2.45) is 11.8 Å². The Balaban J connectivity index is 1.89. The summed E-state index contributed by atoms with van der Waals surface area (Å²) in [5.41, 5.74) is 3.83. The number of nitrogens with zero attached hydrogens (tertiary/aromatic N) is 1. The summed E-state index contributed by atoms with van der Waals surface area (Å²) in [7, 11) is -3.40. The first kappa shape index (κ1) is 16.5. The molecule has 0 aromatic heterocycles. The number of hydrogen-bond donors (Lipinski definition) is 0. The topological polar surface area (TPSA) is 37.4 Å². The second-order valence-electron chi connectivity index (χ2n) is 6.99. The van der Waals surface area contributed by atoms with Gasteiger partial charge in [-0.2, -0.15) is 4.31 Å². The Bertz CT molecular complexity index is 716. The van der Waals surface area contributed by atoms with Crippen LogP contribution in [0.1, 0.15) is 32.3 Å². The third-order valence-electron chi connectivity index (χ3n) is 4.95. The van der Waals surface area contributed by atoms with E-state index in [0.29, 0.717) is 29.8 Å². The van der Waals surface area contributed by atoms with Gasteiger partial charge < -0.3 is 0 Å². The monoisotopic (exact) mass is 331 g/mol. The quantitative estimate of drug-likeness (QED) is 0.770. The van der Waals surface area contributed by atoms with Crippen LogP contribution in [-0.2, 0) is 10.0 Å². The molecule has 1 aliphatic carbocycles. The lowest BCUT2D eigenvalue weighted by atomic mass is 9.88. The predicted octanol–water partition coefficient (Wildman–Crippen LogP) is 3.92. The average molecular weight is 331 g/mol. The van der Waals surface area contributed by atoms with E-state index in [1.807, 2.05) is 19.1 Å². The smallest absolute Gasteiger partial charge is 0.207 e. The maximum Gasteiger partial charge on any atom is 0.243 e. The SMILES string of the molecule is C/C1=C/[C@@H]2CN(S(=O)(=O)c3ccc(C)cc3)C[C@@H]2/C=C(/C)CC1. The van der Waals surface area contributed by atoms with Crippen LogP contribution in [0.4, 0.5) is 0 Å². The Morgan fingerprint density at radius 1 is 0.870 bits per heavy atom. The Labute approximate surface area is 139 Å². The number of allylic oxidation sites excluding steroid dienone is 2. The molecule has 0 spiro atoms. The Morgan fingerprint density at radius 3 is 1.83 bits per heavy atom. The molecular formula is C19H25NO2S. The molecule has 2 atom stereocenters. The Hall–Kier alpha value is -1.39. The van der Waals surface area contributed by atoms with Gasteiger partial charge in [-0.3, -0.25) is 0 Å². The molecule has 4 heteroatoms. The van der Waals surface area contributed by atoms with E-state index in [9.17, 15) is 8.42 Å². The Morgan fingerprint density at radius 2 is 1.35 bits per heavy atom. The molecule has 23 heavy (non-hydrogen) atoms. The highest BCUT2D eigenvalue weighted by atomic mass is 32.2. The van der Waals surface area contributed by atoms with Crippen molar-refractivity contribution in [3.63, 3.8) is 0 Å². The van der Waals surface area contributed by atoms with E-state index in [0.717, 1.165) is 18.4 Å². The second-order valence-corrected chi connectivity index (χ2v) is 8.93. The van der Waals surface area contributed by atoms with Crippen LogP contribution in [0.15, 0.2) is 52.5 Å². The lowest BCUT2D eigenvalue weighted by molar-refractivity contribution is 0.467. The van der Waals surface area contributed by atoms with Gasteiger partial charge in [0.05, 0.1) is 4.90 Å². The fourth-order valence-electron chi connectivity index (χ4n) is 3.52. The number of sulfonamides is 1. The van der Waals surface area contributed by atoms with E-state index in [2.05, 4.69) is 26.0 Å². The van der Waals surface area contributed by atoms with Gasteiger partial charge in [0.25, 0.3) is 0 Å². The number of aryl methyl sites for hydroxylation is 1. The molecule has 1 saturated heterocycles. The van der Waals surface area contributed by atoms with Gasteiger partial charge in [-0.1, -0.05) is 41.0 Å². The van der Waals surface area contributed by atoms with E-state index in [1.165, 1.54) is 11.1 Å². The molecule has 1 aliphatic heterocycles. The summed E-state index contributed by atoms with van der Waals surface area (Å²) in [6.07, 6.45) is 6.74. The molecular weight excluding hydrogens is 306 g/mol. The maximum atomic E-state index is 12.9. The highest BCUT2D eigenvalue weighted by Crippen LogP contribution is 2.34. The van der Waals surface area contributed by atoms with Crippen LogP contribution in [0.2, 0.25) is 0 Å². The summed E-state index contributed by atoms with van der Waals surface area (Å²) in [6, 6.07) is 7.15. The number of rotatable bonds is 2. The molecule has 1 fully saturated rings. The van der Waals surface area contributed by atoms with Crippen LogP contribution >= 0.6 is 0 Å². The molecule has 1 aromatic carbocycles. The summed E-state index contributed by atoms with van der Waals surface area (Å²) in [5, 5.41) is 0. The van der Waals surface area contributed by atoms with E-state index in [-0.39, 0.29) is 0 Å². The van der Waals surface area contributed by atoms with Crippen LogP contribution < -0.4 is 0 Å². The third-order valence-corrected chi connectivity index (χ3v) is 6.79. The molecule has 1 heterocycles. The molecule has 1 aromatic rings. The van der Waals surface area contributed by atoms with Crippen LogP contribution in [0.3, 0.4) is 0 Å². The fraction of sp³-hybridized carbons (Fsp3) is 0.474. The van der Waals surface area contributed by atoms with Crippen LogP contribution in [-0.4, -0.2) is 25.8 Å². The molecule has 0 radical (unpaired) electrons. The minimum atomic E-state index is -3.40. The predicted molar refractivity (Wildman–Crippen MR) is 93.7 cm³/mol. The minimum absolute atomic E-state index is 0.297. The molecule has 3 rings (SSSR count). The molecule has 2 aliphatic rings. The van der Waals surface area contributed by atoms with Gasteiger partial charge in [-0.25, -0.2) is 8.42 Å². The summed E-state index contributed by atoms with van der Waals surface area (Å²) < 4.78 is 27.5. The van der Waals surface area contributed by atoms with E-state index >= 15 is 0 Å². The van der Waals surface area contributed by atoms with Crippen molar-refractivity contribution in [2.75, 3.05) is 13.1 Å². The molecule has 124 valence electrons. The second kappa shape index (κ2) is 6.25. The van der Waals surface area contributed by atoms with Crippen LogP contribution in [0.5, 0.6) is 0 Å².